The van der Waals surface area contributed by atoms with Gasteiger partial charge in [0.05, 0.1) is 0 Å². The van der Waals surface area contributed by atoms with Gasteiger partial charge in [-0.15, -0.1) is 0 Å². The first kappa shape index (κ1) is 14.4. The molecule has 3 rings (SSSR count). The maximum Gasteiger partial charge on any atom is 0.410 e. The number of nitrogens with zero attached hydrogens (tertiary/aromatic N) is 1. The Labute approximate surface area is 126 Å². The summed E-state index contributed by atoms with van der Waals surface area (Å²) >= 11 is 0. The molecule has 2 fully saturated rings. The molecule has 2 aliphatic rings. The first-order valence-electron chi connectivity index (χ1n) is 7.88. The summed E-state index contributed by atoms with van der Waals surface area (Å²) in [4.78, 5) is 14.1. The van der Waals surface area contributed by atoms with E-state index in [1.807, 2.05) is 35.2 Å². The van der Waals surface area contributed by atoms with Crippen LogP contribution < -0.4 is 5.32 Å². The van der Waals surface area contributed by atoms with E-state index >= 15 is 0 Å². The second-order valence-corrected chi connectivity index (χ2v) is 6.54. The molecule has 4 nitrogen and oxygen atoms in total. The van der Waals surface area contributed by atoms with Gasteiger partial charge in [0.2, 0.25) is 0 Å². The molecular weight excluding hydrogens is 264 g/mol. The van der Waals surface area contributed by atoms with Crippen LogP contribution in [0.3, 0.4) is 0 Å². The van der Waals surface area contributed by atoms with Gasteiger partial charge in [-0.1, -0.05) is 30.3 Å². The first-order chi connectivity index (χ1) is 10.1. The highest BCUT2D eigenvalue weighted by Crippen LogP contribution is 2.28. The molecule has 0 radical (unpaired) electrons. The summed E-state index contributed by atoms with van der Waals surface area (Å²) in [5.74, 6) is 0. The third-order valence-electron chi connectivity index (χ3n) is 4.29. The fourth-order valence-corrected chi connectivity index (χ4v) is 3.04. The van der Waals surface area contributed by atoms with E-state index < -0.39 is 0 Å². The molecule has 21 heavy (non-hydrogen) atoms. The number of carbonyl (C=O) groups excluding carboxylic acids is 1. The minimum absolute atomic E-state index is 0.0468. The van der Waals surface area contributed by atoms with Gasteiger partial charge in [0.15, 0.2) is 0 Å². The Hall–Kier alpha value is -1.55. The van der Waals surface area contributed by atoms with Crippen molar-refractivity contribution in [2.45, 2.75) is 50.8 Å². The maximum absolute atomic E-state index is 12.2. The second-order valence-electron chi connectivity index (χ2n) is 6.54. The van der Waals surface area contributed by atoms with E-state index in [-0.39, 0.29) is 11.6 Å². The average molecular weight is 288 g/mol. The molecule has 0 bridgehead atoms. The Morgan fingerprint density at radius 1 is 1.38 bits per heavy atom. The summed E-state index contributed by atoms with van der Waals surface area (Å²) in [6, 6.07) is 10.5. The van der Waals surface area contributed by atoms with Crippen molar-refractivity contribution in [3.63, 3.8) is 0 Å². The van der Waals surface area contributed by atoms with Gasteiger partial charge in [-0.3, -0.25) is 0 Å². The van der Waals surface area contributed by atoms with Crippen LogP contribution in [-0.2, 0) is 11.3 Å². The van der Waals surface area contributed by atoms with Crippen LogP contribution in [0, 0.1) is 0 Å². The van der Waals surface area contributed by atoms with Crippen LogP contribution in [0.25, 0.3) is 0 Å². The van der Waals surface area contributed by atoms with Gasteiger partial charge in [0, 0.05) is 24.7 Å². The zero-order valence-electron chi connectivity index (χ0n) is 12.7. The van der Waals surface area contributed by atoms with Crippen LogP contribution in [-0.4, -0.2) is 35.7 Å². The molecule has 4 heteroatoms. The average Bonchev–Trinajstić information content (AvgIpc) is 3.29. The van der Waals surface area contributed by atoms with Crippen molar-refractivity contribution in [3.8, 4) is 0 Å². The predicted molar refractivity (Wildman–Crippen MR) is 82.0 cm³/mol. The van der Waals surface area contributed by atoms with E-state index in [4.69, 9.17) is 4.74 Å². The molecule has 114 valence electrons. The molecule has 1 aliphatic heterocycles. The number of nitrogens with one attached hydrogen (secondary N) is 1. The lowest BCUT2D eigenvalue weighted by Gasteiger charge is -2.40. The van der Waals surface area contributed by atoms with Crippen molar-refractivity contribution in [2.24, 2.45) is 0 Å². The van der Waals surface area contributed by atoms with E-state index in [0.717, 1.165) is 31.5 Å². The molecule has 1 aromatic carbocycles. The second kappa shape index (κ2) is 6.06. The smallest absolute Gasteiger partial charge is 0.410 e. The van der Waals surface area contributed by atoms with Crippen molar-refractivity contribution in [1.82, 2.24) is 10.2 Å². The summed E-state index contributed by atoms with van der Waals surface area (Å²) in [6.45, 7) is 4.12. The lowest BCUT2D eigenvalue weighted by molar-refractivity contribution is 0.0686. The van der Waals surface area contributed by atoms with Crippen LogP contribution >= 0.6 is 0 Å². The number of piperidine rings is 1. The number of rotatable bonds is 4. The molecule has 1 saturated carbocycles. The first-order valence-corrected chi connectivity index (χ1v) is 7.88. The fraction of sp³-hybridized carbons (Fsp3) is 0.588. The Morgan fingerprint density at radius 3 is 2.86 bits per heavy atom. The summed E-state index contributed by atoms with van der Waals surface area (Å²) in [5, 5.41) is 3.68. The summed E-state index contributed by atoms with van der Waals surface area (Å²) in [5.41, 5.74) is 1.08. The molecule has 0 unspecified atom stereocenters. The largest absolute Gasteiger partial charge is 0.445 e. The number of hydrogen-bond donors (Lipinski definition) is 1. The van der Waals surface area contributed by atoms with E-state index in [1.165, 1.54) is 12.8 Å². The summed E-state index contributed by atoms with van der Waals surface area (Å²) in [6.07, 6.45) is 4.52. The Balaban J connectivity index is 1.51. The fourth-order valence-electron chi connectivity index (χ4n) is 3.04. The number of hydrogen-bond acceptors (Lipinski definition) is 3. The van der Waals surface area contributed by atoms with Gasteiger partial charge in [-0.25, -0.2) is 4.79 Å². The normalized spacial score (nSPS) is 25.7. The van der Waals surface area contributed by atoms with Gasteiger partial charge >= 0.3 is 6.09 Å². The van der Waals surface area contributed by atoms with E-state index in [0.29, 0.717) is 12.6 Å². The Morgan fingerprint density at radius 2 is 2.14 bits per heavy atom. The zero-order valence-corrected chi connectivity index (χ0v) is 12.7. The van der Waals surface area contributed by atoms with Gasteiger partial charge in [0.1, 0.15) is 6.61 Å². The van der Waals surface area contributed by atoms with Crippen LogP contribution in [0.15, 0.2) is 30.3 Å². The number of carbonyl (C=O) groups is 1. The highest BCUT2D eigenvalue weighted by atomic mass is 16.6. The van der Waals surface area contributed by atoms with Crippen molar-refractivity contribution < 1.29 is 9.53 Å². The van der Waals surface area contributed by atoms with Gasteiger partial charge in [0.25, 0.3) is 0 Å². The summed E-state index contributed by atoms with van der Waals surface area (Å²) < 4.78 is 5.44. The predicted octanol–water partition coefficient (Wildman–Crippen LogP) is 2.93. The standard InChI is InChI=1S/C17H24N2O2/c1-17(18-15-8-9-15)10-5-11-19(13-17)16(20)21-12-14-6-3-2-4-7-14/h2-4,6-7,15,18H,5,8-13H2,1H3/t17-/m0/s1. The third kappa shape index (κ3) is 3.97. The van der Waals surface area contributed by atoms with Crippen LogP contribution in [0.5, 0.6) is 0 Å². The highest BCUT2D eigenvalue weighted by Gasteiger charge is 2.37. The number of ether oxygens (including phenoxy) is 1. The SMILES string of the molecule is C[C@]1(NC2CC2)CCCN(C(=O)OCc2ccccc2)C1. The van der Waals surface area contributed by atoms with Crippen LogP contribution in [0.2, 0.25) is 0 Å². The van der Waals surface area contributed by atoms with E-state index in [2.05, 4.69) is 12.2 Å². The number of amides is 1. The molecule has 0 aromatic heterocycles. The maximum atomic E-state index is 12.2. The number of likely N-dealkylation sites (tertiary alicyclic amines) is 1. The van der Waals surface area contributed by atoms with Crippen molar-refractivity contribution in [2.75, 3.05) is 13.1 Å². The van der Waals surface area contributed by atoms with Crippen LogP contribution in [0.4, 0.5) is 4.79 Å². The molecule has 1 atom stereocenters. The number of benzene rings is 1. The quantitative estimate of drug-likeness (QED) is 0.926. The molecule has 1 aromatic rings. The molecule has 1 N–H and O–H groups in total. The molecule has 1 heterocycles. The van der Waals surface area contributed by atoms with Crippen molar-refractivity contribution in [3.05, 3.63) is 35.9 Å². The summed E-state index contributed by atoms with van der Waals surface area (Å²) in [7, 11) is 0. The topological polar surface area (TPSA) is 41.6 Å². The van der Waals surface area contributed by atoms with Gasteiger partial charge in [-0.2, -0.15) is 0 Å². The third-order valence-corrected chi connectivity index (χ3v) is 4.29. The minimum atomic E-state index is -0.192. The van der Waals surface area contributed by atoms with Crippen LogP contribution in [0.1, 0.15) is 38.2 Å². The Bertz CT molecular complexity index is 487. The molecule has 1 amide bonds. The Kier molecular flexibility index (Phi) is 4.15. The van der Waals surface area contributed by atoms with Crippen molar-refractivity contribution >= 4 is 6.09 Å². The molecular formula is C17H24N2O2. The zero-order chi connectivity index (χ0) is 14.7. The highest BCUT2D eigenvalue weighted by molar-refractivity contribution is 5.68. The molecule has 1 saturated heterocycles. The van der Waals surface area contributed by atoms with E-state index in [9.17, 15) is 4.79 Å². The molecule has 1 aliphatic carbocycles. The van der Waals surface area contributed by atoms with Gasteiger partial charge in [-0.05, 0) is 38.2 Å². The lowest BCUT2D eigenvalue weighted by Crippen LogP contribution is -2.57. The van der Waals surface area contributed by atoms with E-state index in [1.54, 1.807) is 0 Å². The lowest BCUT2D eigenvalue weighted by atomic mass is 9.91. The molecule has 0 spiro atoms. The monoisotopic (exact) mass is 288 g/mol. The van der Waals surface area contributed by atoms with Gasteiger partial charge < -0.3 is 15.0 Å². The van der Waals surface area contributed by atoms with Crippen molar-refractivity contribution in [1.29, 1.82) is 0 Å². The minimum Gasteiger partial charge on any atom is -0.445 e.